The van der Waals surface area contributed by atoms with Crippen molar-refractivity contribution in [1.29, 1.82) is 0 Å². The smallest absolute Gasteiger partial charge is 0.748 e. The van der Waals surface area contributed by atoms with Gasteiger partial charge in [-0.25, -0.2) is 8.42 Å². The van der Waals surface area contributed by atoms with Gasteiger partial charge in [0.15, 0.2) is 5.82 Å². The van der Waals surface area contributed by atoms with E-state index in [4.69, 9.17) is 0 Å². The average molecular weight is 331 g/mol. The van der Waals surface area contributed by atoms with Crippen molar-refractivity contribution in [3.05, 3.63) is 29.8 Å². The fraction of sp³-hybridized carbons (Fsp3) is 0.222. The van der Waals surface area contributed by atoms with E-state index < -0.39 is 44.9 Å². The second kappa shape index (κ2) is 6.40. The van der Waals surface area contributed by atoms with Gasteiger partial charge in [0.05, 0.1) is 11.1 Å². The van der Waals surface area contributed by atoms with Crippen molar-refractivity contribution in [3.63, 3.8) is 0 Å². The summed E-state index contributed by atoms with van der Waals surface area (Å²) in [6.45, 7) is 0. The van der Waals surface area contributed by atoms with E-state index in [1.807, 2.05) is 0 Å². The zero-order chi connectivity index (χ0) is 15.0. The van der Waals surface area contributed by atoms with Crippen LogP contribution in [0.15, 0.2) is 23.0 Å². The van der Waals surface area contributed by atoms with E-state index in [1.165, 1.54) is 0 Å². The molecule has 0 fully saturated rings. The van der Waals surface area contributed by atoms with E-state index in [1.54, 1.807) is 0 Å². The molecule has 0 bridgehead atoms. The Morgan fingerprint density at radius 1 is 1.33 bits per heavy atom. The molecular formula is C9H5F3N3NaO4S. The maximum Gasteiger partial charge on any atom is 1.00 e. The molecule has 12 heteroatoms. The number of aromatic nitrogens is 3. The van der Waals surface area contributed by atoms with Crippen LogP contribution >= 0.6 is 0 Å². The third-order valence-corrected chi connectivity index (χ3v) is 2.74. The minimum absolute atomic E-state index is 0. The molecule has 0 spiro atoms. The Balaban J connectivity index is 0.00000220. The fourth-order valence-corrected chi connectivity index (χ4v) is 1.83. The Morgan fingerprint density at radius 3 is 2.57 bits per heavy atom. The third kappa shape index (κ3) is 4.74. The van der Waals surface area contributed by atoms with Gasteiger partial charge in [0.1, 0.15) is 15.9 Å². The van der Waals surface area contributed by atoms with E-state index >= 15 is 0 Å². The first kappa shape index (κ1) is 18.0. The van der Waals surface area contributed by atoms with Gasteiger partial charge in [0.2, 0.25) is 0 Å². The predicted octanol–water partition coefficient (Wildman–Crippen LogP) is -1.80. The molecule has 0 amide bonds. The summed E-state index contributed by atoms with van der Waals surface area (Å²) >= 11 is 0. The second-order valence-corrected chi connectivity index (χ2v) is 5.04. The number of rotatable bonds is 3. The van der Waals surface area contributed by atoms with Crippen molar-refractivity contribution in [3.8, 4) is 11.5 Å². The van der Waals surface area contributed by atoms with Crippen LogP contribution in [0.25, 0.3) is 11.5 Å². The Labute approximate surface area is 138 Å². The summed E-state index contributed by atoms with van der Waals surface area (Å²) in [6.07, 6.45) is -2.88. The summed E-state index contributed by atoms with van der Waals surface area (Å²) in [5.74, 6) is -2.16. The first-order valence-corrected chi connectivity index (χ1v) is 6.52. The van der Waals surface area contributed by atoms with Gasteiger partial charge in [-0.2, -0.15) is 18.2 Å². The van der Waals surface area contributed by atoms with Crippen LogP contribution in [-0.2, 0) is 22.0 Å². The van der Waals surface area contributed by atoms with Crippen molar-refractivity contribution in [2.24, 2.45) is 0 Å². The molecule has 2 aromatic rings. The molecule has 0 aliphatic rings. The van der Waals surface area contributed by atoms with Crippen LogP contribution in [0.1, 0.15) is 11.4 Å². The second-order valence-electron chi connectivity index (χ2n) is 3.64. The minimum Gasteiger partial charge on any atom is -0.748 e. The molecule has 108 valence electrons. The molecule has 0 N–H and O–H groups in total. The third-order valence-electron chi connectivity index (χ3n) is 2.13. The Bertz CT molecular complexity index is 732. The Hall–Kier alpha value is -1.01. The van der Waals surface area contributed by atoms with Gasteiger partial charge in [-0.1, -0.05) is 5.16 Å². The molecule has 0 unspecified atom stereocenters. The van der Waals surface area contributed by atoms with Gasteiger partial charge < -0.3 is 9.08 Å². The van der Waals surface area contributed by atoms with Gasteiger partial charge in [0, 0.05) is 12.4 Å². The van der Waals surface area contributed by atoms with Gasteiger partial charge in [-0.05, 0) is 6.07 Å². The summed E-state index contributed by atoms with van der Waals surface area (Å²) in [6, 6.07) is 0.712. The number of pyridine rings is 1. The largest absolute Gasteiger partial charge is 1.00 e. The number of alkyl halides is 3. The summed E-state index contributed by atoms with van der Waals surface area (Å²) < 4.78 is 74.3. The molecule has 2 heterocycles. The normalized spacial score (nSPS) is 12.0. The fourth-order valence-electron chi connectivity index (χ4n) is 1.39. The maximum atomic E-state index is 12.7. The molecule has 0 aliphatic heterocycles. The summed E-state index contributed by atoms with van der Waals surface area (Å²) in [7, 11) is -4.66. The van der Waals surface area contributed by atoms with Crippen molar-refractivity contribution in [2.45, 2.75) is 11.9 Å². The van der Waals surface area contributed by atoms with E-state index in [0.717, 1.165) is 12.4 Å². The molecule has 0 saturated heterocycles. The van der Waals surface area contributed by atoms with Crippen molar-refractivity contribution in [2.75, 3.05) is 0 Å². The first-order chi connectivity index (χ1) is 9.17. The zero-order valence-corrected chi connectivity index (χ0v) is 13.3. The molecule has 0 saturated carbocycles. The van der Waals surface area contributed by atoms with Crippen molar-refractivity contribution in [1.82, 2.24) is 15.1 Å². The summed E-state index contributed by atoms with van der Waals surface area (Å²) in [5, 5.41) is 3.14. The van der Waals surface area contributed by atoms with Gasteiger partial charge in [-0.15, -0.1) is 0 Å². The van der Waals surface area contributed by atoms with E-state index in [2.05, 4.69) is 19.6 Å². The number of nitrogens with zero attached hydrogens (tertiary/aromatic N) is 3. The standard InChI is InChI=1S/C9H6F3N3O4S.Na/c10-9(11,12)6-1-2-13-3-5(6)8-14-7(15-19-8)4-20(16,17)18;/h1-3H,4H2,(H,16,17,18);/q;+1/p-1. The molecule has 2 rings (SSSR count). The van der Waals surface area contributed by atoms with Crippen LogP contribution in [0.3, 0.4) is 0 Å². The monoisotopic (exact) mass is 331 g/mol. The van der Waals surface area contributed by atoms with Crippen LogP contribution in [0.5, 0.6) is 0 Å². The SMILES string of the molecule is O=S(=O)([O-])Cc1noc(-c2cnccc2C(F)(F)F)n1.[Na+]. The molecular weight excluding hydrogens is 326 g/mol. The predicted molar refractivity (Wildman–Crippen MR) is 55.9 cm³/mol. The summed E-state index contributed by atoms with van der Waals surface area (Å²) in [5.41, 5.74) is -1.56. The Kier molecular flexibility index (Phi) is 5.50. The summed E-state index contributed by atoms with van der Waals surface area (Å²) in [4.78, 5) is 6.95. The average Bonchev–Trinajstić information content (AvgIpc) is 2.74. The van der Waals surface area contributed by atoms with Crippen LogP contribution < -0.4 is 29.6 Å². The van der Waals surface area contributed by atoms with E-state index in [9.17, 15) is 26.1 Å². The number of hydrogen-bond acceptors (Lipinski definition) is 7. The van der Waals surface area contributed by atoms with Gasteiger partial charge >= 0.3 is 35.7 Å². The Morgan fingerprint density at radius 2 is 2.00 bits per heavy atom. The van der Waals surface area contributed by atoms with Gasteiger partial charge in [0.25, 0.3) is 5.89 Å². The number of halogens is 3. The van der Waals surface area contributed by atoms with Crippen LogP contribution in [0.4, 0.5) is 13.2 Å². The molecule has 0 atom stereocenters. The van der Waals surface area contributed by atoms with Crippen LogP contribution in [0, 0.1) is 0 Å². The maximum absolute atomic E-state index is 12.7. The topological polar surface area (TPSA) is 109 Å². The molecule has 0 aliphatic carbocycles. The van der Waals surface area contributed by atoms with Crippen molar-refractivity contribution < 1.29 is 60.2 Å². The van der Waals surface area contributed by atoms with Crippen LogP contribution in [0.2, 0.25) is 0 Å². The zero-order valence-electron chi connectivity index (χ0n) is 10.5. The number of hydrogen-bond donors (Lipinski definition) is 0. The molecule has 7 nitrogen and oxygen atoms in total. The molecule has 2 aromatic heterocycles. The van der Waals surface area contributed by atoms with Crippen LogP contribution in [-0.4, -0.2) is 28.1 Å². The van der Waals surface area contributed by atoms with Gasteiger partial charge in [-0.3, -0.25) is 4.98 Å². The molecule has 0 aromatic carbocycles. The first-order valence-electron chi connectivity index (χ1n) is 4.94. The minimum atomic E-state index is -4.67. The van der Waals surface area contributed by atoms with E-state index in [-0.39, 0.29) is 29.6 Å². The quantitative estimate of drug-likeness (QED) is 0.482. The van der Waals surface area contributed by atoms with Crippen molar-refractivity contribution >= 4 is 10.1 Å². The molecule has 0 radical (unpaired) electrons. The molecule has 21 heavy (non-hydrogen) atoms. The van der Waals surface area contributed by atoms with E-state index in [0.29, 0.717) is 6.07 Å².